The molecule has 0 atom stereocenters. The highest BCUT2D eigenvalue weighted by molar-refractivity contribution is 6.15. The largest absolute Gasteiger partial charge is 0.455 e. The van der Waals surface area contributed by atoms with E-state index in [1.807, 2.05) is 0 Å². The third kappa shape index (κ3) is 5.35. The number of aromatic nitrogens is 3. The van der Waals surface area contributed by atoms with E-state index in [0.29, 0.717) is 0 Å². The molecule has 0 aliphatic heterocycles. The Balaban J connectivity index is 1.37. The number of rotatable bonds is 6. The van der Waals surface area contributed by atoms with Crippen LogP contribution in [0.5, 0.6) is 0 Å². The quantitative estimate of drug-likeness (QED) is 0.180. The van der Waals surface area contributed by atoms with Crippen molar-refractivity contribution in [2.75, 3.05) is 0 Å². The lowest BCUT2D eigenvalue weighted by atomic mass is 9.96. The lowest BCUT2D eigenvalue weighted by Crippen LogP contribution is -2.00. The molecule has 0 radical (unpaired) electrons. The molecule has 7 aromatic carbocycles. The normalized spacial score (nSPS) is 17.8. The van der Waals surface area contributed by atoms with E-state index in [-0.39, 0.29) is 73.7 Å². The van der Waals surface area contributed by atoms with E-state index in [1.165, 1.54) is 24.3 Å². The molecule has 2 heterocycles. The number of para-hydroxylation sites is 1. The molecule has 0 aliphatic carbocycles. The topological polar surface area (TPSA) is 51.8 Å². The van der Waals surface area contributed by atoms with E-state index in [1.54, 1.807) is 0 Å². The summed E-state index contributed by atoms with van der Waals surface area (Å²) >= 11 is 0. The molecule has 4 nitrogen and oxygen atoms in total. The van der Waals surface area contributed by atoms with E-state index >= 15 is 0 Å². The monoisotopic (exact) mass is 650 g/mol. The molecule has 9 aromatic rings. The number of nitrogens with zero attached hydrogens (tertiary/aromatic N) is 3. The summed E-state index contributed by atoms with van der Waals surface area (Å²) in [6, 6.07) is -8.17. The summed E-state index contributed by atoms with van der Waals surface area (Å²) in [6.07, 6.45) is 0. The first kappa shape index (κ1) is 13.5. The molecular weight excluding hydrogens is 599 g/mol. The summed E-state index contributed by atoms with van der Waals surface area (Å²) in [5, 5.41) is -0.148. The maximum Gasteiger partial charge on any atom is 0.164 e. The van der Waals surface area contributed by atoms with Crippen LogP contribution in [-0.4, -0.2) is 15.0 Å². The van der Waals surface area contributed by atoms with Crippen molar-refractivity contribution in [3.8, 4) is 67.5 Å². The van der Waals surface area contributed by atoms with Gasteiger partial charge in [0, 0.05) is 33.0 Å². The first-order valence-corrected chi connectivity index (χ1v) is 14.5. The van der Waals surface area contributed by atoms with Crippen LogP contribution in [0, 0.1) is 0 Å². The number of hydrogen-bond donors (Lipinski definition) is 0. The Bertz CT molecular complexity index is 3810. The molecule has 0 amide bonds. The predicted octanol–water partition coefficient (Wildman–Crippen LogP) is 11.8. The van der Waals surface area contributed by atoms with Gasteiger partial charge in [-0.15, -0.1) is 0 Å². The minimum absolute atomic E-state index is 0.00503. The molecule has 0 bridgehead atoms. The Morgan fingerprint density at radius 2 is 0.959 bits per heavy atom. The molecule has 230 valence electrons. The van der Waals surface area contributed by atoms with Crippen molar-refractivity contribution in [2.45, 2.75) is 0 Å². The zero-order valence-electron chi connectivity index (χ0n) is 47.7. The third-order valence-corrected chi connectivity index (χ3v) is 7.38. The first-order chi connectivity index (χ1) is 33.8. The van der Waals surface area contributed by atoms with Crippen LogP contribution in [0.1, 0.15) is 31.5 Å². The summed E-state index contributed by atoms with van der Waals surface area (Å²) in [5.41, 5.74) is -3.61. The molecule has 4 heteroatoms. The molecule has 0 spiro atoms. The minimum Gasteiger partial charge on any atom is -0.455 e. The van der Waals surface area contributed by atoms with Crippen LogP contribution in [0.2, 0.25) is 0 Å². The van der Waals surface area contributed by atoms with E-state index in [2.05, 4.69) is 15.0 Å². The molecular formula is C45H29N3O. The molecule has 0 saturated carbocycles. The zero-order chi connectivity index (χ0) is 52.6. The van der Waals surface area contributed by atoms with Crippen LogP contribution in [-0.2, 0) is 0 Å². The fourth-order valence-corrected chi connectivity index (χ4v) is 5.14. The van der Waals surface area contributed by atoms with Gasteiger partial charge >= 0.3 is 0 Å². The van der Waals surface area contributed by atoms with Gasteiger partial charge in [-0.1, -0.05) is 157 Å². The summed E-state index contributed by atoms with van der Waals surface area (Å²) in [5.74, 6) is -1.33. The highest BCUT2D eigenvalue weighted by Crippen LogP contribution is 2.42. The van der Waals surface area contributed by atoms with Crippen molar-refractivity contribution in [3.05, 3.63) is 175 Å². The number of hydrogen-bond acceptors (Lipinski definition) is 4. The smallest absolute Gasteiger partial charge is 0.164 e. The van der Waals surface area contributed by atoms with Crippen LogP contribution in [0.25, 0.3) is 89.5 Å². The van der Waals surface area contributed by atoms with E-state index in [0.717, 1.165) is 12.1 Å². The Morgan fingerprint density at radius 3 is 1.65 bits per heavy atom. The molecule has 9 rings (SSSR count). The summed E-state index contributed by atoms with van der Waals surface area (Å²) < 4.78 is 204. The molecule has 49 heavy (non-hydrogen) atoms. The Hall–Kier alpha value is -6.65. The fourth-order valence-electron chi connectivity index (χ4n) is 5.14. The van der Waals surface area contributed by atoms with Crippen molar-refractivity contribution in [3.63, 3.8) is 0 Å². The second-order valence-corrected chi connectivity index (χ2v) is 10.3. The SMILES string of the molecule is [2H]c1cc([2H])c2oc3c(-c4c([2H])c([2H])c(-c5c([2H])c([2H])c([2H])c([2H])c5[2H])c([2H])c4[2H])cc([2H])c(-c4nc(-c5ccc(-c6c([2H])c([2H])c([2H])c([2H])c6[2H])c([2H])c5)nc(-c5c([2H])c([2H])c([2H])c([2H])c5[2H])n4)c3c2c1. The van der Waals surface area contributed by atoms with Crippen LogP contribution < -0.4 is 0 Å². The molecule has 2 aromatic heterocycles. The fraction of sp³-hybridized carbons (Fsp3) is 0. The third-order valence-electron chi connectivity index (χ3n) is 7.38. The van der Waals surface area contributed by atoms with Gasteiger partial charge in [-0.25, -0.2) is 15.0 Å². The van der Waals surface area contributed by atoms with Gasteiger partial charge in [0.05, 0.1) is 31.5 Å². The Kier molecular flexibility index (Phi) is 3.35. The number of benzene rings is 7. The van der Waals surface area contributed by atoms with Gasteiger partial charge in [0.25, 0.3) is 0 Å². The van der Waals surface area contributed by atoms with Crippen LogP contribution in [0.4, 0.5) is 0 Å². The van der Waals surface area contributed by atoms with E-state index in [4.69, 9.17) is 31.8 Å². The van der Waals surface area contributed by atoms with Gasteiger partial charge < -0.3 is 4.42 Å². The van der Waals surface area contributed by atoms with Crippen LogP contribution in [0.15, 0.2) is 180 Å². The molecule has 0 N–H and O–H groups in total. The molecule has 0 aliphatic rings. The highest BCUT2D eigenvalue weighted by Gasteiger charge is 2.20. The van der Waals surface area contributed by atoms with Gasteiger partial charge in [0.2, 0.25) is 0 Å². The standard InChI is InChI=1S/C45H29N3O/c1-4-12-30(13-5-1)32-20-24-34(25-21-32)37-28-29-39(41-38-18-10-11-19-40(38)49-42(37)41)45-47-43(35-16-8-3-9-17-35)46-44(48-45)36-26-22-33(23-27-36)31-14-6-2-7-15-31/h1-29H/i1D,2D,3D,4D,5D,6D,7D,8D,9D,10D,12D,13D,14D,15D,16D,17D,19D,20D,21D,22D,24D,25D,29D. The van der Waals surface area contributed by atoms with Gasteiger partial charge in [0.15, 0.2) is 17.5 Å². The number of furan rings is 1. The van der Waals surface area contributed by atoms with Crippen LogP contribution in [0.3, 0.4) is 0 Å². The predicted molar refractivity (Wildman–Crippen MR) is 200 cm³/mol. The van der Waals surface area contributed by atoms with Gasteiger partial charge in [-0.2, -0.15) is 0 Å². The first-order valence-electron chi connectivity index (χ1n) is 26.0. The molecule has 0 unspecified atom stereocenters. The second-order valence-electron chi connectivity index (χ2n) is 10.3. The lowest BCUT2D eigenvalue weighted by molar-refractivity contribution is 0.670. The van der Waals surface area contributed by atoms with Crippen molar-refractivity contribution in [1.82, 2.24) is 15.0 Å². The second kappa shape index (κ2) is 12.2. The van der Waals surface area contributed by atoms with Gasteiger partial charge in [-0.3, -0.25) is 0 Å². The van der Waals surface area contributed by atoms with Gasteiger partial charge in [0.1, 0.15) is 11.2 Å². The van der Waals surface area contributed by atoms with E-state index in [9.17, 15) is 4.11 Å². The Morgan fingerprint density at radius 1 is 0.388 bits per heavy atom. The lowest BCUT2D eigenvalue weighted by Gasteiger charge is -2.11. The van der Waals surface area contributed by atoms with Gasteiger partial charge in [-0.05, 0) is 46.0 Å². The van der Waals surface area contributed by atoms with Crippen molar-refractivity contribution >= 4 is 21.9 Å². The average Bonchev–Trinajstić information content (AvgIpc) is 3.73. The van der Waals surface area contributed by atoms with Crippen molar-refractivity contribution in [1.29, 1.82) is 0 Å². The van der Waals surface area contributed by atoms with E-state index < -0.39 is 155 Å². The molecule has 0 fully saturated rings. The number of fused-ring (bicyclic) bond motifs is 3. The zero-order valence-corrected chi connectivity index (χ0v) is 24.7. The summed E-state index contributed by atoms with van der Waals surface area (Å²) in [6.45, 7) is 0. The minimum atomic E-state index is -0.823. The highest BCUT2D eigenvalue weighted by atomic mass is 16.3. The maximum absolute atomic E-state index is 9.60. The molecule has 0 saturated heterocycles. The van der Waals surface area contributed by atoms with Crippen LogP contribution >= 0.6 is 0 Å². The summed E-state index contributed by atoms with van der Waals surface area (Å²) in [4.78, 5) is 13.7. The van der Waals surface area contributed by atoms with Crippen molar-refractivity contribution in [2.24, 2.45) is 0 Å². The Labute approximate surface area is 316 Å². The average molecular weight is 651 g/mol. The maximum atomic E-state index is 9.60. The van der Waals surface area contributed by atoms with Crippen molar-refractivity contribution < 1.29 is 35.9 Å². The summed E-state index contributed by atoms with van der Waals surface area (Å²) in [7, 11) is 0.